The fourth-order valence-corrected chi connectivity index (χ4v) is 4.18. The van der Waals surface area contributed by atoms with Gasteiger partial charge in [0.1, 0.15) is 5.76 Å². The molecule has 2 aliphatic rings. The average Bonchev–Trinajstić information content (AvgIpc) is 2.79. The van der Waals surface area contributed by atoms with Crippen molar-refractivity contribution in [1.82, 2.24) is 4.90 Å². The molecule has 0 aromatic heterocycles. The van der Waals surface area contributed by atoms with Gasteiger partial charge in [0, 0.05) is 24.7 Å². The van der Waals surface area contributed by atoms with Gasteiger partial charge in [-0.1, -0.05) is 55.0 Å². The first kappa shape index (κ1) is 18.9. The van der Waals surface area contributed by atoms with Crippen molar-refractivity contribution in [1.29, 1.82) is 0 Å². The van der Waals surface area contributed by atoms with E-state index in [0.717, 1.165) is 56.9 Å². The summed E-state index contributed by atoms with van der Waals surface area (Å²) in [5.41, 5.74) is 2.81. The Balaban J connectivity index is 1.71. The summed E-state index contributed by atoms with van der Waals surface area (Å²) in [5.74, 6) is 0.448. The molecule has 1 aliphatic carbocycles. The highest BCUT2D eigenvalue weighted by molar-refractivity contribution is 5.93. The molecule has 0 radical (unpaired) electrons. The van der Waals surface area contributed by atoms with E-state index in [1.165, 1.54) is 12.0 Å². The summed E-state index contributed by atoms with van der Waals surface area (Å²) in [6.45, 7) is 3.41. The summed E-state index contributed by atoms with van der Waals surface area (Å²) < 4.78 is 11.6. The molecular weight excluding hydrogens is 350 g/mol. The number of carbonyl (C=O) groups is 1. The molecule has 4 nitrogen and oxygen atoms in total. The van der Waals surface area contributed by atoms with Gasteiger partial charge in [0.25, 0.3) is 0 Å². The van der Waals surface area contributed by atoms with Gasteiger partial charge in [0.15, 0.2) is 0 Å². The predicted octanol–water partition coefficient (Wildman–Crippen LogP) is 4.53. The lowest BCUT2D eigenvalue weighted by Crippen LogP contribution is -2.45. The van der Waals surface area contributed by atoms with Crippen LogP contribution in [-0.4, -0.2) is 43.2 Å². The summed E-state index contributed by atoms with van der Waals surface area (Å²) in [6, 6.07) is 19.6. The third-order valence-corrected chi connectivity index (χ3v) is 5.59. The van der Waals surface area contributed by atoms with Crippen LogP contribution in [0.25, 0.3) is 5.76 Å². The van der Waals surface area contributed by atoms with Crippen molar-refractivity contribution in [3.63, 3.8) is 0 Å². The molecule has 1 heterocycles. The molecule has 1 saturated carbocycles. The lowest BCUT2D eigenvalue weighted by Gasteiger charge is -2.39. The van der Waals surface area contributed by atoms with Crippen molar-refractivity contribution in [3.8, 4) is 0 Å². The number of nitrogens with zero attached hydrogens (tertiary/aromatic N) is 1. The number of hydrogen-bond donors (Lipinski definition) is 0. The highest BCUT2D eigenvalue weighted by Crippen LogP contribution is 2.35. The second-order valence-electron chi connectivity index (χ2n) is 7.39. The van der Waals surface area contributed by atoms with Gasteiger partial charge in [0.05, 0.1) is 18.8 Å². The smallest absolute Gasteiger partial charge is 0.343 e. The van der Waals surface area contributed by atoms with Crippen LogP contribution in [0.5, 0.6) is 0 Å². The molecule has 28 heavy (non-hydrogen) atoms. The molecule has 2 aromatic carbocycles. The first-order valence-corrected chi connectivity index (χ1v) is 10.2. The van der Waals surface area contributed by atoms with E-state index in [2.05, 4.69) is 4.90 Å². The molecular formula is C24H27NO3. The minimum absolute atomic E-state index is 0.293. The fourth-order valence-electron chi connectivity index (χ4n) is 4.18. The van der Waals surface area contributed by atoms with Gasteiger partial charge in [-0.3, -0.25) is 4.90 Å². The van der Waals surface area contributed by atoms with E-state index in [0.29, 0.717) is 11.6 Å². The van der Waals surface area contributed by atoms with Gasteiger partial charge < -0.3 is 9.47 Å². The lowest BCUT2D eigenvalue weighted by molar-refractivity contribution is 0.0186. The fraction of sp³-hybridized carbons (Fsp3) is 0.375. The average molecular weight is 377 g/mol. The molecule has 1 aliphatic heterocycles. The van der Waals surface area contributed by atoms with Crippen molar-refractivity contribution in [2.45, 2.75) is 31.7 Å². The van der Waals surface area contributed by atoms with Crippen LogP contribution in [0.15, 0.2) is 66.2 Å². The van der Waals surface area contributed by atoms with Crippen molar-refractivity contribution in [2.24, 2.45) is 0 Å². The third kappa shape index (κ3) is 4.34. The summed E-state index contributed by atoms with van der Waals surface area (Å²) in [6.07, 6.45) is 4.42. The largest absolute Gasteiger partial charge is 0.422 e. The zero-order valence-electron chi connectivity index (χ0n) is 16.2. The number of ether oxygens (including phenoxy) is 2. The highest BCUT2D eigenvalue weighted by atomic mass is 16.5. The maximum Gasteiger partial charge on any atom is 0.343 e. The molecule has 0 amide bonds. The first-order chi connectivity index (χ1) is 13.8. The molecule has 1 saturated heterocycles. The van der Waals surface area contributed by atoms with E-state index in [1.807, 2.05) is 48.5 Å². The summed E-state index contributed by atoms with van der Waals surface area (Å²) >= 11 is 0. The Morgan fingerprint density at radius 1 is 0.893 bits per heavy atom. The van der Waals surface area contributed by atoms with E-state index >= 15 is 0 Å². The number of morpholine rings is 1. The number of rotatable bonds is 4. The minimum Gasteiger partial charge on any atom is -0.422 e. The Hall–Kier alpha value is -2.43. The van der Waals surface area contributed by atoms with E-state index in [-0.39, 0.29) is 5.97 Å². The monoisotopic (exact) mass is 377 g/mol. The molecule has 0 unspecified atom stereocenters. The van der Waals surface area contributed by atoms with E-state index < -0.39 is 0 Å². The molecule has 0 bridgehead atoms. The van der Waals surface area contributed by atoms with Gasteiger partial charge in [0.2, 0.25) is 0 Å². The van der Waals surface area contributed by atoms with E-state index in [4.69, 9.17) is 9.47 Å². The molecule has 146 valence electrons. The zero-order valence-corrected chi connectivity index (χ0v) is 16.2. The lowest BCUT2D eigenvalue weighted by atomic mass is 9.86. The van der Waals surface area contributed by atoms with Crippen LogP contribution in [-0.2, 0) is 9.47 Å². The van der Waals surface area contributed by atoms with E-state index in [9.17, 15) is 4.79 Å². The van der Waals surface area contributed by atoms with Crippen LogP contribution in [0, 0.1) is 0 Å². The number of carbonyl (C=O) groups excluding carboxylic acids is 1. The Morgan fingerprint density at radius 2 is 1.54 bits per heavy atom. The van der Waals surface area contributed by atoms with Crippen molar-refractivity contribution in [2.75, 3.05) is 26.3 Å². The van der Waals surface area contributed by atoms with Crippen LogP contribution in [0.3, 0.4) is 0 Å². The predicted molar refractivity (Wildman–Crippen MR) is 110 cm³/mol. The normalized spacial score (nSPS) is 22.5. The van der Waals surface area contributed by atoms with Gasteiger partial charge in [-0.2, -0.15) is 0 Å². The minimum atomic E-state index is -0.293. The van der Waals surface area contributed by atoms with Gasteiger partial charge in [-0.05, 0) is 37.0 Å². The molecule has 1 atom stereocenters. The maximum atomic E-state index is 12.9. The van der Waals surface area contributed by atoms with E-state index in [1.54, 1.807) is 12.1 Å². The van der Waals surface area contributed by atoms with Crippen LogP contribution >= 0.6 is 0 Å². The molecule has 4 heteroatoms. The second kappa shape index (κ2) is 9.18. The second-order valence-corrected chi connectivity index (χ2v) is 7.39. The number of hydrogen-bond acceptors (Lipinski definition) is 4. The summed E-state index contributed by atoms with van der Waals surface area (Å²) in [5, 5.41) is 0. The van der Waals surface area contributed by atoms with Crippen LogP contribution < -0.4 is 0 Å². The van der Waals surface area contributed by atoms with Crippen LogP contribution in [0.4, 0.5) is 0 Å². The number of benzene rings is 2. The summed E-state index contributed by atoms with van der Waals surface area (Å²) in [7, 11) is 0. The third-order valence-electron chi connectivity index (χ3n) is 5.59. The van der Waals surface area contributed by atoms with Gasteiger partial charge in [-0.25, -0.2) is 4.79 Å². The number of esters is 1. The molecule has 0 N–H and O–H groups in total. The SMILES string of the molecule is O=C(O/C(=C1/CCCC[C@H]1N1CCOCC1)c1ccccc1)c1ccccc1. The topological polar surface area (TPSA) is 38.8 Å². The van der Waals surface area contributed by atoms with Crippen molar-refractivity contribution >= 4 is 11.7 Å². The Kier molecular flexibility index (Phi) is 6.20. The van der Waals surface area contributed by atoms with Crippen molar-refractivity contribution in [3.05, 3.63) is 77.4 Å². The van der Waals surface area contributed by atoms with Crippen LogP contribution in [0.1, 0.15) is 41.6 Å². The summed E-state index contributed by atoms with van der Waals surface area (Å²) in [4.78, 5) is 15.4. The van der Waals surface area contributed by atoms with Crippen molar-refractivity contribution < 1.29 is 14.3 Å². The van der Waals surface area contributed by atoms with Crippen LogP contribution in [0.2, 0.25) is 0 Å². The Labute approximate surface area is 166 Å². The molecule has 4 rings (SSSR count). The molecule has 0 spiro atoms. The Bertz CT molecular complexity index is 810. The zero-order chi connectivity index (χ0) is 19.2. The highest BCUT2D eigenvalue weighted by Gasteiger charge is 2.30. The quantitative estimate of drug-likeness (QED) is 0.580. The maximum absolute atomic E-state index is 12.9. The Morgan fingerprint density at radius 3 is 2.21 bits per heavy atom. The van der Waals surface area contributed by atoms with Gasteiger partial charge in [-0.15, -0.1) is 0 Å². The standard InChI is InChI=1S/C24H27NO3/c26-24(20-11-5-2-6-12-20)28-23(19-9-3-1-4-10-19)21-13-7-8-14-22(21)25-15-17-27-18-16-25/h1-6,9-12,22H,7-8,13-18H2/b23-21-/t22-/m1/s1. The molecule has 2 aromatic rings. The molecule has 2 fully saturated rings. The van der Waals surface area contributed by atoms with Gasteiger partial charge >= 0.3 is 5.97 Å². The first-order valence-electron chi connectivity index (χ1n) is 10.2.